The smallest absolute Gasteiger partial charge is 0.115 e. The highest BCUT2D eigenvalue weighted by atomic mass is 16.3. The lowest BCUT2D eigenvalue weighted by Gasteiger charge is -2.50. The van der Waals surface area contributed by atoms with Crippen LogP contribution >= 0.6 is 0 Å². The molecule has 0 saturated carbocycles. The number of hydrogen-bond donors (Lipinski definition) is 2. The number of benzene rings is 1. The van der Waals surface area contributed by atoms with Crippen LogP contribution in [-0.2, 0) is 5.41 Å². The Labute approximate surface area is 122 Å². The predicted molar refractivity (Wildman–Crippen MR) is 82.1 cm³/mol. The first-order valence-electron chi connectivity index (χ1n) is 7.53. The van der Waals surface area contributed by atoms with Gasteiger partial charge in [-0.1, -0.05) is 13.0 Å². The number of nitrogens with zero attached hydrogens (tertiary/aromatic N) is 1. The van der Waals surface area contributed by atoms with Gasteiger partial charge in [0.1, 0.15) is 5.75 Å². The molecule has 2 N–H and O–H groups in total. The zero-order valence-corrected chi connectivity index (χ0v) is 13.1. The molecule has 0 bridgehead atoms. The fraction of sp³-hybridized carbons (Fsp3) is 0.647. The van der Waals surface area contributed by atoms with Crippen LogP contribution in [0.25, 0.3) is 0 Å². The van der Waals surface area contributed by atoms with E-state index in [2.05, 4.69) is 32.7 Å². The molecule has 2 rings (SSSR count). The molecule has 3 atom stereocenters. The third-order valence-electron chi connectivity index (χ3n) is 5.52. The van der Waals surface area contributed by atoms with Crippen LogP contribution in [0, 0.1) is 12.8 Å². The van der Waals surface area contributed by atoms with Gasteiger partial charge >= 0.3 is 0 Å². The molecule has 1 heterocycles. The number of aliphatic hydroxyl groups is 1. The maximum Gasteiger partial charge on any atom is 0.115 e. The molecule has 1 saturated heterocycles. The summed E-state index contributed by atoms with van der Waals surface area (Å²) in [6.07, 6.45) is 1.79. The van der Waals surface area contributed by atoms with E-state index in [1.807, 2.05) is 12.1 Å². The zero-order chi connectivity index (χ0) is 14.9. The summed E-state index contributed by atoms with van der Waals surface area (Å²) >= 11 is 0. The summed E-state index contributed by atoms with van der Waals surface area (Å²) in [7, 11) is 2.17. The fourth-order valence-corrected chi connectivity index (χ4v) is 3.86. The highest BCUT2D eigenvalue weighted by molar-refractivity contribution is 5.40. The Hall–Kier alpha value is -1.06. The predicted octanol–water partition coefficient (Wildman–Crippen LogP) is 2.68. The second-order valence-electron chi connectivity index (χ2n) is 6.39. The second kappa shape index (κ2) is 5.74. The van der Waals surface area contributed by atoms with Crippen LogP contribution in [0.4, 0.5) is 0 Å². The van der Waals surface area contributed by atoms with Gasteiger partial charge < -0.3 is 15.1 Å². The summed E-state index contributed by atoms with van der Waals surface area (Å²) < 4.78 is 0. The number of aliphatic hydroxyl groups excluding tert-OH is 1. The Balaban J connectivity index is 2.51. The van der Waals surface area contributed by atoms with Crippen molar-refractivity contribution < 1.29 is 10.2 Å². The molecule has 1 aromatic carbocycles. The van der Waals surface area contributed by atoms with Crippen molar-refractivity contribution in [2.24, 2.45) is 5.92 Å². The van der Waals surface area contributed by atoms with Crippen molar-refractivity contribution in [3.63, 3.8) is 0 Å². The van der Waals surface area contributed by atoms with Gasteiger partial charge in [-0.15, -0.1) is 0 Å². The van der Waals surface area contributed by atoms with Crippen LogP contribution in [0.3, 0.4) is 0 Å². The third kappa shape index (κ3) is 2.45. The molecule has 3 heteroatoms. The number of phenolic OH excluding ortho intramolecular Hbond substituents is 1. The first-order chi connectivity index (χ1) is 9.42. The fourth-order valence-electron chi connectivity index (χ4n) is 3.86. The number of aryl methyl sites for hydroxylation is 1. The van der Waals surface area contributed by atoms with Gasteiger partial charge in [-0.2, -0.15) is 0 Å². The standard InChI is InChI=1S/C17H27NO2/c1-12-5-6-15(20)11-16(12)17(8-10-19)7-9-18(4)14(3)13(17)2/h5-6,11,13-14,19-20H,7-10H2,1-4H3/t13-,14?,17?/m0/s1. The SMILES string of the molecule is Cc1ccc(O)cc1C1(CCO)CCN(C)C(C)[C@@H]1C. The summed E-state index contributed by atoms with van der Waals surface area (Å²) in [6.45, 7) is 7.85. The monoisotopic (exact) mass is 277 g/mol. The molecule has 0 aromatic heterocycles. The lowest BCUT2D eigenvalue weighted by atomic mass is 9.61. The summed E-state index contributed by atoms with van der Waals surface area (Å²) in [6, 6.07) is 6.10. The summed E-state index contributed by atoms with van der Waals surface area (Å²) in [5.41, 5.74) is 2.38. The van der Waals surface area contributed by atoms with E-state index in [1.165, 1.54) is 11.1 Å². The van der Waals surface area contributed by atoms with Crippen molar-refractivity contribution in [3.05, 3.63) is 29.3 Å². The van der Waals surface area contributed by atoms with Gasteiger partial charge in [0.15, 0.2) is 0 Å². The van der Waals surface area contributed by atoms with Crippen LogP contribution in [-0.4, -0.2) is 41.4 Å². The molecule has 3 nitrogen and oxygen atoms in total. The number of piperidine rings is 1. The molecule has 1 fully saturated rings. The van der Waals surface area contributed by atoms with Gasteiger partial charge in [0.2, 0.25) is 0 Å². The average Bonchev–Trinajstić information content (AvgIpc) is 2.43. The summed E-state index contributed by atoms with van der Waals surface area (Å²) in [4.78, 5) is 2.39. The number of likely N-dealkylation sites (tertiary alicyclic amines) is 1. The van der Waals surface area contributed by atoms with Gasteiger partial charge in [0.05, 0.1) is 0 Å². The number of aromatic hydroxyl groups is 1. The quantitative estimate of drug-likeness (QED) is 0.893. The molecular formula is C17H27NO2. The van der Waals surface area contributed by atoms with Crippen molar-refractivity contribution >= 4 is 0 Å². The van der Waals surface area contributed by atoms with Gasteiger partial charge in [0.25, 0.3) is 0 Å². The summed E-state index contributed by atoms with van der Waals surface area (Å²) in [5.74, 6) is 0.760. The molecule has 2 unspecified atom stereocenters. The first-order valence-corrected chi connectivity index (χ1v) is 7.53. The molecule has 20 heavy (non-hydrogen) atoms. The Kier molecular flexibility index (Phi) is 4.40. The summed E-state index contributed by atoms with van der Waals surface area (Å²) in [5, 5.41) is 19.5. The molecule has 1 aromatic rings. The first kappa shape index (κ1) is 15.3. The van der Waals surface area contributed by atoms with Crippen LogP contribution in [0.1, 0.15) is 37.8 Å². The number of hydrogen-bond acceptors (Lipinski definition) is 3. The Morgan fingerprint density at radius 1 is 1.35 bits per heavy atom. The molecule has 112 valence electrons. The average molecular weight is 277 g/mol. The van der Waals surface area contributed by atoms with Crippen molar-refractivity contribution in [1.29, 1.82) is 0 Å². The van der Waals surface area contributed by atoms with Crippen molar-refractivity contribution in [3.8, 4) is 5.75 Å². The maximum atomic E-state index is 9.88. The lowest BCUT2D eigenvalue weighted by molar-refractivity contribution is 0.0469. The van der Waals surface area contributed by atoms with E-state index in [0.717, 1.165) is 19.4 Å². The Morgan fingerprint density at radius 3 is 2.70 bits per heavy atom. The van der Waals surface area contributed by atoms with E-state index in [1.54, 1.807) is 6.07 Å². The van der Waals surface area contributed by atoms with Gasteiger partial charge in [-0.3, -0.25) is 0 Å². The van der Waals surface area contributed by atoms with E-state index < -0.39 is 0 Å². The van der Waals surface area contributed by atoms with Crippen LogP contribution in [0.15, 0.2) is 18.2 Å². The molecule has 0 aliphatic carbocycles. The lowest BCUT2D eigenvalue weighted by Crippen LogP contribution is -2.53. The van der Waals surface area contributed by atoms with Crippen LogP contribution < -0.4 is 0 Å². The van der Waals surface area contributed by atoms with Crippen LogP contribution in [0.2, 0.25) is 0 Å². The molecular weight excluding hydrogens is 250 g/mol. The van der Waals surface area contributed by atoms with Crippen LogP contribution in [0.5, 0.6) is 5.75 Å². The maximum absolute atomic E-state index is 9.88. The largest absolute Gasteiger partial charge is 0.508 e. The minimum atomic E-state index is -0.0382. The minimum Gasteiger partial charge on any atom is -0.508 e. The second-order valence-corrected chi connectivity index (χ2v) is 6.39. The molecule has 1 aliphatic rings. The van der Waals surface area contributed by atoms with Crippen molar-refractivity contribution in [1.82, 2.24) is 4.90 Å². The molecule has 1 aliphatic heterocycles. The van der Waals surface area contributed by atoms with E-state index in [-0.39, 0.29) is 12.0 Å². The highest BCUT2D eigenvalue weighted by Gasteiger charge is 2.45. The Morgan fingerprint density at radius 2 is 2.05 bits per heavy atom. The Bertz CT molecular complexity index is 474. The van der Waals surface area contributed by atoms with E-state index in [4.69, 9.17) is 0 Å². The molecule has 0 amide bonds. The number of phenols is 1. The van der Waals surface area contributed by atoms with Crippen molar-refractivity contribution in [2.75, 3.05) is 20.2 Å². The van der Waals surface area contributed by atoms with Crippen molar-refractivity contribution in [2.45, 2.75) is 45.1 Å². The topological polar surface area (TPSA) is 43.7 Å². The van der Waals surface area contributed by atoms with Gasteiger partial charge in [-0.25, -0.2) is 0 Å². The minimum absolute atomic E-state index is 0.0382. The number of rotatable bonds is 3. The van der Waals surface area contributed by atoms with Gasteiger partial charge in [0, 0.05) is 18.1 Å². The zero-order valence-electron chi connectivity index (χ0n) is 13.1. The van der Waals surface area contributed by atoms with Gasteiger partial charge in [-0.05, 0) is 69.5 Å². The van der Waals surface area contributed by atoms with E-state index >= 15 is 0 Å². The molecule has 0 spiro atoms. The highest BCUT2D eigenvalue weighted by Crippen LogP contribution is 2.46. The normalized spacial score (nSPS) is 31.4. The van der Waals surface area contributed by atoms with E-state index in [0.29, 0.717) is 17.7 Å². The molecule has 0 radical (unpaired) electrons. The third-order valence-corrected chi connectivity index (χ3v) is 5.52. The van der Waals surface area contributed by atoms with E-state index in [9.17, 15) is 10.2 Å².